The Bertz CT molecular complexity index is 826. The maximum Gasteiger partial charge on any atom is 0.251 e. The van der Waals surface area contributed by atoms with Crippen LogP contribution in [-0.4, -0.2) is 50.0 Å². The van der Waals surface area contributed by atoms with Gasteiger partial charge >= 0.3 is 0 Å². The van der Waals surface area contributed by atoms with Crippen LogP contribution >= 0.6 is 11.3 Å². The number of rotatable bonds is 8. The first kappa shape index (κ1) is 23.3. The quantitative estimate of drug-likeness (QED) is 0.432. The number of guanidine groups is 1. The van der Waals surface area contributed by atoms with Gasteiger partial charge in [-0.2, -0.15) is 0 Å². The Morgan fingerprint density at radius 1 is 1.16 bits per heavy atom. The number of piperidine rings is 1. The third-order valence-corrected chi connectivity index (χ3v) is 6.80. The maximum atomic E-state index is 11.9. The van der Waals surface area contributed by atoms with Crippen LogP contribution in [0.15, 0.2) is 46.8 Å². The van der Waals surface area contributed by atoms with Crippen molar-refractivity contribution < 1.29 is 4.79 Å². The van der Waals surface area contributed by atoms with Crippen LogP contribution in [0.4, 0.5) is 0 Å². The Balaban J connectivity index is 1.54. The van der Waals surface area contributed by atoms with Gasteiger partial charge in [-0.3, -0.25) is 14.7 Å². The molecule has 3 rings (SSSR count). The lowest BCUT2D eigenvalue weighted by atomic mass is 9.97. The number of nitrogens with zero attached hydrogens (tertiary/aromatic N) is 2. The van der Waals surface area contributed by atoms with Crippen molar-refractivity contribution in [2.75, 3.05) is 33.2 Å². The number of amides is 1. The summed E-state index contributed by atoms with van der Waals surface area (Å²) in [6, 6.07) is 12.4. The van der Waals surface area contributed by atoms with Crippen molar-refractivity contribution in [2.45, 2.75) is 39.3 Å². The lowest BCUT2D eigenvalue weighted by Gasteiger charge is -2.36. The van der Waals surface area contributed by atoms with Crippen LogP contribution in [0.3, 0.4) is 0 Å². The first-order valence-corrected chi connectivity index (χ1v) is 12.1. The zero-order chi connectivity index (χ0) is 22.1. The van der Waals surface area contributed by atoms with Crippen molar-refractivity contribution in [1.29, 1.82) is 0 Å². The first-order valence-electron chi connectivity index (χ1n) is 11.2. The van der Waals surface area contributed by atoms with Crippen LogP contribution in [-0.2, 0) is 6.54 Å². The monoisotopic (exact) mass is 441 g/mol. The van der Waals surface area contributed by atoms with E-state index in [1.54, 1.807) is 7.05 Å². The van der Waals surface area contributed by atoms with Gasteiger partial charge in [0.25, 0.3) is 5.91 Å². The van der Waals surface area contributed by atoms with E-state index in [-0.39, 0.29) is 5.91 Å². The number of likely N-dealkylation sites (tertiary alicyclic amines) is 1. The second-order valence-corrected chi connectivity index (χ2v) is 9.09. The number of hydrogen-bond donors (Lipinski definition) is 3. The Morgan fingerprint density at radius 2 is 1.90 bits per heavy atom. The number of aliphatic imine (C=N–C) groups is 1. The molecule has 0 bridgehead atoms. The normalized spacial score (nSPS) is 16.7. The van der Waals surface area contributed by atoms with Gasteiger partial charge in [-0.1, -0.05) is 25.1 Å². The minimum absolute atomic E-state index is 0.0359. The van der Waals surface area contributed by atoms with Crippen molar-refractivity contribution >= 4 is 23.2 Å². The van der Waals surface area contributed by atoms with E-state index in [4.69, 9.17) is 0 Å². The molecule has 0 saturated carbocycles. The second kappa shape index (κ2) is 11.9. The Hall–Kier alpha value is -2.38. The highest BCUT2D eigenvalue weighted by atomic mass is 32.1. The summed E-state index contributed by atoms with van der Waals surface area (Å²) in [5.41, 5.74) is 1.79. The molecule has 1 aliphatic heterocycles. The molecule has 2 heterocycles. The zero-order valence-corrected chi connectivity index (χ0v) is 19.7. The molecule has 1 fully saturated rings. The highest BCUT2D eigenvalue weighted by Gasteiger charge is 2.25. The van der Waals surface area contributed by atoms with Gasteiger partial charge in [-0.15, -0.1) is 11.3 Å². The van der Waals surface area contributed by atoms with E-state index >= 15 is 0 Å². The van der Waals surface area contributed by atoms with Gasteiger partial charge in [0.05, 0.1) is 6.04 Å². The van der Waals surface area contributed by atoms with Crippen molar-refractivity contribution in [3.05, 3.63) is 57.8 Å². The topological polar surface area (TPSA) is 68.8 Å². The first-order chi connectivity index (χ1) is 15.1. The molecule has 2 aromatic rings. The van der Waals surface area contributed by atoms with Crippen LogP contribution < -0.4 is 16.0 Å². The molecule has 168 valence electrons. The van der Waals surface area contributed by atoms with Crippen LogP contribution in [0.25, 0.3) is 0 Å². The molecule has 31 heavy (non-hydrogen) atoms. The zero-order valence-electron chi connectivity index (χ0n) is 18.9. The SMILES string of the molecule is CCNC(=O)c1ccc(CNC(=NC)NCC(c2cccs2)N2CCC(C)CC2)cc1. The van der Waals surface area contributed by atoms with Crippen molar-refractivity contribution in [2.24, 2.45) is 10.9 Å². The standard InChI is InChI=1S/C24H35N5OS/c1-4-26-23(30)20-9-7-19(8-10-20)16-27-24(25-3)28-17-21(22-6-5-15-31-22)29-13-11-18(2)12-14-29/h5-10,15,18,21H,4,11-14,16-17H2,1-3H3,(H,26,30)(H2,25,27,28). The van der Waals surface area contributed by atoms with E-state index < -0.39 is 0 Å². The average molecular weight is 442 g/mol. The van der Waals surface area contributed by atoms with E-state index in [0.717, 1.165) is 37.1 Å². The molecule has 7 heteroatoms. The smallest absolute Gasteiger partial charge is 0.251 e. The Morgan fingerprint density at radius 3 is 2.52 bits per heavy atom. The largest absolute Gasteiger partial charge is 0.354 e. The molecule has 1 aliphatic rings. The second-order valence-electron chi connectivity index (χ2n) is 8.11. The highest BCUT2D eigenvalue weighted by molar-refractivity contribution is 7.10. The van der Waals surface area contributed by atoms with Gasteiger partial charge in [0.15, 0.2) is 5.96 Å². The van der Waals surface area contributed by atoms with Gasteiger partial charge in [0.2, 0.25) is 0 Å². The van der Waals surface area contributed by atoms with Gasteiger partial charge in [-0.25, -0.2) is 0 Å². The summed E-state index contributed by atoms with van der Waals surface area (Å²) < 4.78 is 0. The minimum atomic E-state index is -0.0359. The Labute approximate surface area is 190 Å². The number of nitrogens with one attached hydrogen (secondary N) is 3. The summed E-state index contributed by atoms with van der Waals surface area (Å²) in [4.78, 5) is 20.3. The van der Waals surface area contributed by atoms with Crippen LogP contribution in [0.2, 0.25) is 0 Å². The summed E-state index contributed by atoms with van der Waals surface area (Å²) in [7, 11) is 1.80. The fourth-order valence-electron chi connectivity index (χ4n) is 3.87. The molecule has 1 aromatic carbocycles. The summed E-state index contributed by atoms with van der Waals surface area (Å²) in [6.45, 7) is 8.68. The van der Waals surface area contributed by atoms with Crippen molar-refractivity contribution in [1.82, 2.24) is 20.9 Å². The summed E-state index contributed by atoms with van der Waals surface area (Å²) in [5.74, 6) is 1.58. The van der Waals surface area contributed by atoms with E-state index in [0.29, 0.717) is 24.7 Å². The lowest BCUT2D eigenvalue weighted by molar-refractivity contribution is 0.0956. The predicted octanol–water partition coefficient (Wildman–Crippen LogP) is 3.64. The van der Waals surface area contributed by atoms with Gasteiger partial charge < -0.3 is 16.0 Å². The van der Waals surface area contributed by atoms with Crippen LogP contribution in [0.5, 0.6) is 0 Å². The molecule has 1 saturated heterocycles. The molecule has 1 aromatic heterocycles. The van der Waals surface area contributed by atoms with E-state index in [1.165, 1.54) is 17.7 Å². The predicted molar refractivity (Wildman–Crippen MR) is 130 cm³/mol. The van der Waals surface area contributed by atoms with Crippen molar-refractivity contribution in [3.8, 4) is 0 Å². The third-order valence-electron chi connectivity index (χ3n) is 5.83. The van der Waals surface area contributed by atoms with Gasteiger partial charge in [-0.05, 0) is 67.9 Å². The van der Waals surface area contributed by atoms with Crippen LogP contribution in [0.1, 0.15) is 53.5 Å². The number of benzene rings is 1. The summed E-state index contributed by atoms with van der Waals surface area (Å²) >= 11 is 1.83. The van der Waals surface area contributed by atoms with Crippen molar-refractivity contribution in [3.63, 3.8) is 0 Å². The number of carbonyl (C=O) groups excluding carboxylic acids is 1. The summed E-state index contributed by atoms with van der Waals surface area (Å²) in [6.07, 6.45) is 2.53. The summed E-state index contributed by atoms with van der Waals surface area (Å²) in [5, 5.41) is 11.9. The fourth-order valence-corrected chi connectivity index (χ4v) is 4.73. The van der Waals surface area contributed by atoms with E-state index in [1.807, 2.05) is 42.5 Å². The highest BCUT2D eigenvalue weighted by Crippen LogP contribution is 2.29. The van der Waals surface area contributed by atoms with E-state index in [9.17, 15) is 4.79 Å². The molecule has 1 atom stereocenters. The fraction of sp³-hybridized carbons (Fsp3) is 0.500. The number of carbonyl (C=O) groups is 1. The lowest BCUT2D eigenvalue weighted by Crippen LogP contribution is -2.44. The van der Waals surface area contributed by atoms with Crippen LogP contribution in [0, 0.1) is 5.92 Å². The molecule has 3 N–H and O–H groups in total. The molecule has 0 spiro atoms. The molecule has 0 radical (unpaired) electrons. The molecule has 0 aliphatic carbocycles. The maximum absolute atomic E-state index is 11.9. The van der Waals surface area contributed by atoms with E-state index in [2.05, 4.69) is 50.3 Å². The third kappa shape index (κ3) is 6.80. The average Bonchev–Trinajstić information content (AvgIpc) is 3.32. The van der Waals surface area contributed by atoms with Gasteiger partial charge in [0.1, 0.15) is 0 Å². The molecule has 1 amide bonds. The Kier molecular flexibility index (Phi) is 8.91. The molecular weight excluding hydrogens is 406 g/mol. The molecular formula is C24H35N5OS. The minimum Gasteiger partial charge on any atom is -0.354 e. The molecule has 1 unspecified atom stereocenters. The molecule has 6 nitrogen and oxygen atoms in total. The number of hydrogen-bond acceptors (Lipinski definition) is 4. The van der Waals surface area contributed by atoms with Gasteiger partial charge in [0, 0.05) is 37.1 Å². The number of thiophene rings is 1.